The first kappa shape index (κ1) is 12.1. The molecular formula is C11H19N3O. The minimum atomic E-state index is 0.772. The Morgan fingerprint density at radius 3 is 2.80 bits per heavy atom. The van der Waals surface area contributed by atoms with Crippen LogP contribution in [0.2, 0.25) is 0 Å². The van der Waals surface area contributed by atoms with E-state index in [0.717, 1.165) is 38.3 Å². The summed E-state index contributed by atoms with van der Waals surface area (Å²) in [4.78, 5) is 7.88. The Morgan fingerprint density at radius 2 is 2.07 bits per heavy atom. The number of nitrogens with one attached hydrogen (secondary N) is 1. The van der Waals surface area contributed by atoms with Crippen LogP contribution in [-0.2, 0) is 11.3 Å². The van der Waals surface area contributed by atoms with E-state index >= 15 is 0 Å². The highest BCUT2D eigenvalue weighted by Gasteiger charge is 1.92. The molecule has 1 aromatic rings. The van der Waals surface area contributed by atoms with E-state index in [-0.39, 0.29) is 0 Å². The summed E-state index contributed by atoms with van der Waals surface area (Å²) < 4.78 is 5.42. The first-order valence-corrected chi connectivity index (χ1v) is 5.46. The van der Waals surface area contributed by atoms with Crippen LogP contribution in [0, 0.1) is 0 Å². The fourth-order valence-corrected chi connectivity index (χ4v) is 1.15. The summed E-state index contributed by atoms with van der Waals surface area (Å²) in [6.07, 6.45) is 7.51. The lowest BCUT2D eigenvalue weighted by atomic mass is 10.3. The second-order valence-electron chi connectivity index (χ2n) is 3.39. The van der Waals surface area contributed by atoms with Crippen molar-refractivity contribution in [1.82, 2.24) is 15.3 Å². The van der Waals surface area contributed by atoms with Gasteiger partial charge in [-0.3, -0.25) is 0 Å². The standard InChI is InChI=1S/C11H19N3O/c1-2-3-5-15-6-4-12-7-11-8-13-10-14-9-11/h8-10,12H,2-7H2,1H3. The predicted molar refractivity (Wildman–Crippen MR) is 59.5 cm³/mol. The molecule has 0 aromatic carbocycles. The number of unbranched alkanes of at least 4 members (excludes halogenated alkanes) is 1. The fraction of sp³-hybridized carbons (Fsp3) is 0.636. The number of ether oxygens (including phenoxy) is 1. The lowest BCUT2D eigenvalue weighted by molar-refractivity contribution is 0.133. The van der Waals surface area contributed by atoms with Crippen LogP contribution in [0.4, 0.5) is 0 Å². The van der Waals surface area contributed by atoms with E-state index in [9.17, 15) is 0 Å². The number of hydrogen-bond acceptors (Lipinski definition) is 4. The van der Waals surface area contributed by atoms with Gasteiger partial charge in [-0.25, -0.2) is 9.97 Å². The Bertz CT molecular complexity index is 241. The van der Waals surface area contributed by atoms with Crippen molar-refractivity contribution in [1.29, 1.82) is 0 Å². The van der Waals surface area contributed by atoms with Crippen LogP contribution in [-0.4, -0.2) is 29.7 Å². The van der Waals surface area contributed by atoms with Gasteiger partial charge in [0.1, 0.15) is 6.33 Å². The monoisotopic (exact) mass is 209 g/mol. The Kier molecular flexibility index (Phi) is 6.70. The van der Waals surface area contributed by atoms with Crippen molar-refractivity contribution in [2.45, 2.75) is 26.3 Å². The van der Waals surface area contributed by atoms with Gasteiger partial charge in [-0.15, -0.1) is 0 Å². The SMILES string of the molecule is CCCCOCCNCc1cncnc1. The average Bonchev–Trinajstić information content (AvgIpc) is 2.29. The molecular weight excluding hydrogens is 190 g/mol. The number of nitrogens with zero attached hydrogens (tertiary/aromatic N) is 2. The molecule has 84 valence electrons. The van der Waals surface area contributed by atoms with E-state index in [4.69, 9.17) is 4.74 Å². The van der Waals surface area contributed by atoms with E-state index in [1.54, 1.807) is 0 Å². The van der Waals surface area contributed by atoms with E-state index in [1.165, 1.54) is 12.7 Å². The molecule has 0 fully saturated rings. The Labute approximate surface area is 91.1 Å². The van der Waals surface area contributed by atoms with Crippen molar-refractivity contribution < 1.29 is 4.74 Å². The van der Waals surface area contributed by atoms with Crippen LogP contribution >= 0.6 is 0 Å². The van der Waals surface area contributed by atoms with Gasteiger partial charge in [-0.05, 0) is 6.42 Å². The molecule has 1 heterocycles. The van der Waals surface area contributed by atoms with Gasteiger partial charge >= 0.3 is 0 Å². The Hall–Kier alpha value is -1.00. The number of aromatic nitrogens is 2. The van der Waals surface area contributed by atoms with Crippen molar-refractivity contribution in [2.24, 2.45) is 0 Å². The highest BCUT2D eigenvalue weighted by atomic mass is 16.5. The molecule has 1 rings (SSSR count). The summed E-state index contributed by atoms with van der Waals surface area (Å²) >= 11 is 0. The maximum Gasteiger partial charge on any atom is 0.115 e. The fourth-order valence-electron chi connectivity index (χ4n) is 1.15. The van der Waals surface area contributed by atoms with Crippen LogP contribution in [0.5, 0.6) is 0 Å². The van der Waals surface area contributed by atoms with Crippen LogP contribution in [0.3, 0.4) is 0 Å². The molecule has 0 amide bonds. The van der Waals surface area contributed by atoms with E-state index in [2.05, 4.69) is 22.2 Å². The van der Waals surface area contributed by atoms with Crippen LogP contribution in [0.25, 0.3) is 0 Å². The van der Waals surface area contributed by atoms with Crippen LogP contribution in [0.1, 0.15) is 25.3 Å². The van der Waals surface area contributed by atoms with Gasteiger partial charge in [0.05, 0.1) is 6.61 Å². The summed E-state index contributed by atoms with van der Waals surface area (Å²) in [6.45, 7) is 5.48. The quantitative estimate of drug-likeness (QED) is 0.657. The highest BCUT2D eigenvalue weighted by Crippen LogP contribution is 1.91. The zero-order valence-corrected chi connectivity index (χ0v) is 9.28. The van der Waals surface area contributed by atoms with Crippen LogP contribution in [0.15, 0.2) is 18.7 Å². The van der Waals surface area contributed by atoms with Gasteiger partial charge in [0, 0.05) is 37.7 Å². The molecule has 4 heteroatoms. The lowest BCUT2D eigenvalue weighted by Crippen LogP contribution is -2.19. The second kappa shape index (κ2) is 8.32. The summed E-state index contributed by atoms with van der Waals surface area (Å²) in [6, 6.07) is 0. The van der Waals surface area contributed by atoms with Crippen molar-refractivity contribution in [3.05, 3.63) is 24.3 Å². The molecule has 0 saturated heterocycles. The van der Waals surface area contributed by atoms with Crippen molar-refractivity contribution in [2.75, 3.05) is 19.8 Å². The summed E-state index contributed by atoms with van der Waals surface area (Å²) in [5.41, 5.74) is 1.10. The summed E-state index contributed by atoms with van der Waals surface area (Å²) in [7, 11) is 0. The Morgan fingerprint density at radius 1 is 1.27 bits per heavy atom. The minimum Gasteiger partial charge on any atom is -0.380 e. The topological polar surface area (TPSA) is 47.0 Å². The molecule has 0 saturated carbocycles. The molecule has 0 aliphatic carbocycles. The van der Waals surface area contributed by atoms with Gasteiger partial charge in [0.25, 0.3) is 0 Å². The molecule has 0 radical (unpaired) electrons. The van der Waals surface area contributed by atoms with E-state index < -0.39 is 0 Å². The third kappa shape index (κ3) is 6.14. The summed E-state index contributed by atoms with van der Waals surface area (Å²) in [5.74, 6) is 0. The maximum atomic E-state index is 5.42. The zero-order valence-electron chi connectivity index (χ0n) is 9.28. The first-order valence-electron chi connectivity index (χ1n) is 5.46. The first-order chi connectivity index (χ1) is 7.43. The van der Waals surface area contributed by atoms with Crippen molar-refractivity contribution in [3.63, 3.8) is 0 Å². The van der Waals surface area contributed by atoms with Crippen molar-refractivity contribution >= 4 is 0 Å². The van der Waals surface area contributed by atoms with Gasteiger partial charge in [0.15, 0.2) is 0 Å². The molecule has 0 spiro atoms. The molecule has 0 atom stereocenters. The number of rotatable bonds is 8. The molecule has 1 N–H and O–H groups in total. The predicted octanol–water partition coefficient (Wildman–Crippen LogP) is 1.38. The second-order valence-corrected chi connectivity index (χ2v) is 3.39. The van der Waals surface area contributed by atoms with Gasteiger partial charge < -0.3 is 10.1 Å². The normalized spacial score (nSPS) is 10.5. The van der Waals surface area contributed by atoms with Crippen molar-refractivity contribution in [3.8, 4) is 0 Å². The zero-order chi connectivity index (χ0) is 10.8. The minimum absolute atomic E-state index is 0.772. The maximum absolute atomic E-state index is 5.42. The lowest BCUT2D eigenvalue weighted by Gasteiger charge is -2.05. The molecule has 0 aliphatic heterocycles. The molecule has 4 nitrogen and oxygen atoms in total. The third-order valence-corrected chi connectivity index (χ3v) is 2.01. The number of hydrogen-bond donors (Lipinski definition) is 1. The molecule has 0 aliphatic rings. The van der Waals surface area contributed by atoms with E-state index in [1.807, 2.05) is 12.4 Å². The van der Waals surface area contributed by atoms with Crippen LogP contribution < -0.4 is 5.32 Å². The van der Waals surface area contributed by atoms with Gasteiger partial charge in [-0.2, -0.15) is 0 Å². The third-order valence-electron chi connectivity index (χ3n) is 2.01. The molecule has 15 heavy (non-hydrogen) atoms. The molecule has 0 bridgehead atoms. The summed E-state index contributed by atoms with van der Waals surface area (Å²) in [5, 5.41) is 3.27. The Balaban J connectivity index is 1.93. The average molecular weight is 209 g/mol. The molecule has 0 unspecified atom stereocenters. The van der Waals surface area contributed by atoms with Gasteiger partial charge in [0.2, 0.25) is 0 Å². The van der Waals surface area contributed by atoms with E-state index in [0.29, 0.717) is 0 Å². The largest absolute Gasteiger partial charge is 0.380 e. The van der Waals surface area contributed by atoms with Gasteiger partial charge in [-0.1, -0.05) is 13.3 Å². The smallest absolute Gasteiger partial charge is 0.115 e. The highest BCUT2D eigenvalue weighted by molar-refractivity contribution is 5.01. The molecule has 1 aromatic heterocycles.